The summed E-state index contributed by atoms with van der Waals surface area (Å²) in [7, 11) is 0. The Morgan fingerprint density at radius 2 is 1.18 bits per heavy atom. The van der Waals surface area contributed by atoms with E-state index in [-0.39, 0.29) is 0 Å². The summed E-state index contributed by atoms with van der Waals surface area (Å²) in [6, 6.07) is 0. The zero-order chi connectivity index (χ0) is 9.50. The van der Waals surface area contributed by atoms with E-state index in [4.69, 9.17) is 5.11 Å². The maximum absolute atomic E-state index is 12.1. The Morgan fingerprint density at radius 3 is 1.18 bits per heavy atom. The van der Waals surface area contributed by atoms with Gasteiger partial charge in [0.05, 0.1) is 0 Å². The van der Waals surface area contributed by atoms with Crippen LogP contribution in [0.15, 0.2) is 0 Å². The Hall–Kier alpha value is -0.250. The van der Waals surface area contributed by atoms with E-state index in [1.165, 1.54) is 20.8 Å². The van der Waals surface area contributed by atoms with Crippen LogP contribution in [0.25, 0.3) is 0 Å². The number of alkyl halides is 3. The first-order chi connectivity index (χ1) is 4.50. The van der Waals surface area contributed by atoms with E-state index in [9.17, 15) is 13.2 Å². The number of rotatable bonds is 0. The zero-order valence-electron chi connectivity index (χ0n) is 7.08. The summed E-state index contributed by atoms with van der Waals surface area (Å²) in [5.74, 6) is 0. The second-order valence-corrected chi connectivity index (χ2v) is 3.82. The third-order valence-corrected chi connectivity index (χ3v) is 2.01. The first kappa shape index (κ1) is 10.8. The molecule has 0 aliphatic rings. The lowest BCUT2D eigenvalue weighted by Gasteiger charge is -2.38. The Bertz CT molecular complexity index is 125. The average molecular weight is 170 g/mol. The van der Waals surface area contributed by atoms with Crippen LogP contribution in [0.5, 0.6) is 0 Å². The molecule has 1 N–H and O–H groups in total. The van der Waals surface area contributed by atoms with E-state index >= 15 is 0 Å². The fourth-order valence-electron chi connectivity index (χ4n) is 0.425. The van der Waals surface area contributed by atoms with Crippen molar-refractivity contribution in [3.63, 3.8) is 0 Å². The van der Waals surface area contributed by atoms with E-state index in [1.807, 2.05) is 0 Å². The van der Waals surface area contributed by atoms with Gasteiger partial charge in [-0.05, 0) is 12.3 Å². The molecule has 1 nitrogen and oxygen atoms in total. The summed E-state index contributed by atoms with van der Waals surface area (Å²) >= 11 is 0. The van der Waals surface area contributed by atoms with Crippen LogP contribution in [0, 0.1) is 5.41 Å². The van der Waals surface area contributed by atoms with Gasteiger partial charge in [-0.1, -0.05) is 20.8 Å². The molecule has 0 aliphatic heterocycles. The van der Waals surface area contributed by atoms with Crippen molar-refractivity contribution in [3.8, 4) is 0 Å². The SMILES string of the molecule is CC(C)(C)[C@](C)(O)C(F)(F)F. The van der Waals surface area contributed by atoms with Gasteiger partial charge < -0.3 is 5.11 Å². The minimum atomic E-state index is -4.56. The molecule has 0 saturated heterocycles. The van der Waals surface area contributed by atoms with Crippen LogP contribution in [0.4, 0.5) is 13.2 Å². The molecule has 0 aliphatic carbocycles. The van der Waals surface area contributed by atoms with E-state index < -0.39 is 17.2 Å². The summed E-state index contributed by atoms with van der Waals surface area (Å²) in [5.41, 5.74) is -3.81. The Morgan fingerprint density at radius 1 is 0.909 bits per heavy atom. The monoisotopic (exact) mass is 170 g/mol. The lowest BCUT2D eigenvalue weighted by atomic mass is 9.77. The van der Waals surface area contributed by atoms with Crippen molar-refractivity contribution in [1.29, 1.82) is 0 Å². The first-order valence-electron chi connectivity index (χ1n) is 3.29. The van der Waals surface area contributed by atoms with E-state index in [0.717, 1.165) is 6.92 Å². The van der Waals surface area contributed by atoms with Crippen LogP contribution in [0.3, 0.4) is 0 Å². The number of hydrogen-bond acceptors (Lipinski definition) is 1. The largest absolute Gasteiger partial charge is 0.417 e. The smallest absolute Gasteiger partial charge is 0.380 e. The summed E-state index contributed by atoms with van der Waals surface area (Å²) < 4.78 is 36.2. The quantitative estimate of drug-likeness (QED) is 0.591. The number of hydrogen-bond donors (Lipinski definition) is 1. The molecule has 4 heteroatoms. The highest BCUT2D eigenvalue weighted by atomic mass is 19.4. The van der Waals surface area contributed by atoms with Gasteiger partial charge in [0.25, 0.3) is 0 Å². The van der Waals surface area contributed by atoms with E-state index in [2.05, 4.69) is 0 Å². The van der Waals surface area contributed by atoms with Crippen molar-refractivity contribution in [2.24, 2.45) is 5.41 Å². The molecule has 0 aromatic rings. The van der Waals surface area contributed by atoms with E-state index in [1.54, 1.807) is 0 Å². The topological polar surface area (TPSA) is 20.2 Å². The molecule has 0 heterocycles. The van der Waals surface area contributed by atoms with Crippen LogP contribution in [0.2, 0.25) is 0 Å². The van der Waals surface area contributed by atoms with Crippen molar-refractivity contribution in [3.05, 3.63) is 0 Å². The Balaban J connectivity index is 4.75. The highest BCUT2D eigenvalue weighted by molar-refractivity contribution is 4.92. The molecule has 0 unspecified atom stereocenters. The average Bonchev–Trinajstić information content (AvgIpc) is 1.58. The summed E-state index contributed by atoms with van der Waals surface area (Å²) in [4.78, 5) is 0. The molecule has 1 atom stereocenters. The second kappa shape index (κ2) is 2.37. The molecule has 0 spiro atoms. The summed E-state index contributed by atoms with van der Waals surface area (Å²) in [6.07, 6.45) is -4.56. The standard InChI is InChI=1S/C7H13F3O/c1-5(2,3)6(4,11)7(8,9)10/h11H,1-4H3/t6-/m0/s1. The predicted molar refractivity (Wildman–Crippen MR) is 36.1 cm³/mol. The van der Waals surface area contributed by atoms with Crippen molar-refractivity contribution in [2.75, 3.05) is 0 Å². The molecule has 68 valence electrons. The fourth-order valence-corrected chi connectivity index (χ4v) is 0.425. The lowest BCUT2D eigenvalue weighted by molar-refractivity contribution is -0.286. The first-order valence-corrected chi connectivity index (χ1v) is 3.29. The molecule has 0 bridgehead atoms. The van der Waals surface area contributed by atoms with Crippen LogP contribution >= 0.6 is 0 Å². The van der Waals surface area contributed by atoms with Crippen molar-refractivity contribution in [1.82, 2.24) is 0 Å². The van der Waals surface area contributed by atoms with Crippen LogP contribution in [-0.4, -0.2) is 16.9 Å². The third-order valence-electron chi connectivity index (χ3n) is 2.01. The Kier molecular flexibility index (Phi) is 2.32. The molecule has 0 radical (unpaired) electrons. The lowest BCUT2D eigenvalue weighted by Crippen LogP contribution is -2.52. The highest BCUT2D eigenvalue weighted by Gasteiger charge is 2.56. The van der Waals surface area contributed by atoms with Gasteiger partial charge in [0.2, 0.25) is 0 Å². The van der Waals surface area contributed by atoms with Crippen molar-refractivity contribution in [2.45, 2.75) is 39.5 Å². The number of halogens is 3. The highest BCUT2D eigenvalue weighted by Crippen LogP contribution is 2.42. The van der Waals surface area contributed by atoms with Gasteiger partial charge in [-0.15, -0.1) is 0 Å². The summed E-state index contributed by atoms with van der Waals surface area (Å²) in [5, 5.41) is 9.06. The van der Waals surface area contributed by atoms with Crippen molar-refractivity contribution < 1.29 is 18.3 Å². The van der Waals surface area contributed by atoms with Crippen LogP contribution < -0.4 is 0 Å². The third kappa shape index (κ3) is 1.86. The molecule has 0 amide bonds. The van der Waals surface area contributed by atoms with Gasteiger partial charge in [-0.25, -0.2) is 0 Å². The molecular formula is C7H13F3O. The Labute approximate surface area is 64.2 Å². The normalized spacial score (nSPS) is 19.6. The minimum absolute atomic E-state index is 0.785. The maximum Gasteiger partial charge on any atom is 0.417 e. The molecular weight excluding hydrogens is 157 g/mol. The van der Waals surface area contributed by atoms with Crippen LogP contribution in [0.1, 0.15) is 27.7 Å². The van der Waals surface area contributed by atoms with Crippen LogP contribution in [-0.2, 0) is 0 Å². The fraction of sp³-hybridized carbons (Fsp3) is 1.00. The van der Waals surface area contributed by atoms with Gasteiger partial charge in [0, 0.05) is 0 Å². The van der Waals surface area contributed by atoms with Gasteiger partial charge >= 0.3 is 6.18 Å². The maximum atomic E-state index is 12.1. The van der Waals surface area contributed by atoms with Gasteiger partial charge in [-0.2, -0.15) is 13.2 Å². The zero-order valence-corrected chi connectivity index (χ0v) is 7.08. The second-order valence-electron chi connectivity index (χ2n) is 3.82. The van der Waals surface area contributed by atoms with Gasteiger partial charge in [0.15, 0.2) is 5.60 Å². The molecule has 11 heavy (non-hydrogen) atoms. The van der Waals surface area contributed by atoms with E-state index in [0.29, 0.717) is 0 Å². The molecule has 0 aromatic carbocycles. The van der Waals surface area contributed by atoms with Crippen molar-refractivity contribution >= 4 is 0 Å². The summed E-state index contributed by atoms with van der Waals surface area (Å²) in [6.45, 7) is 4.83. The molecule has 0 rings (SSSR count). The molecule has 0 saturated carbocycles. The number of aliphatic hydroxyl groups is 1. The van der Waals surface area contributed by atoms with Gasteiger partial charge in [-0.3, -0.25) is 0 Å². The molecule has 0 aromatic heterocycles. The minimum Gasteiger partial charge on any atom is -0.380 e. The van der Waals surface area contributed by atoms with Gasteiger partial charge in [0.1, 0.15) is 0 Å². The molecule has 0 fully saturated rings. The predicted octanol–water partition coefficient (Wildman–Crippen LogP) is 2.35.